The van der Waals surface area contributed by atoms with Gasteiger partial charge in [0.1, 0.15) is 0 Å². The Morgan fingerprint density at radius 2 is 2.12 bits per heavy atom. The van der Waals surface area contributed by atoms with Crippen molar-refractivity contribution in [3.8, 4) is 0 Å². The van der Waals surface area contributed by atoms with Gasteiger partial charge in [-0.1, -0.05) is 0 Å². The summed E-state index contributed by atoms with van der Waals surface area (Å²) in [5.74, 6) is -2.20. The molecule has 6 nitrogen and oxygen atoms in total. The van der Waals surface area contributed by atoms with Crippen molar-refractivity contribution in [1.82, 2.24) is 4.90 Å². The Hall–Kier alpha value is -1.59. The highest BCUT2D eigenvalue weighted by Crippen LogP contribution is 2.28. The molecule has 1 aliphatic heterocycles. The molecular formula is C10H16N2O4. The number of hydrogen-bond acceptors (Lipinski definition) is 3. The van der Waals surface area contributed by atoms with Crippen molar-refractivity contribution >= 4 is 17.8 Å². The van der Waals surface area contributed by atoms with Gasteiger partial charge in [-0.3, -0.25) is 14.4 Å². The number of likely N-dealkylation sites (tertiary alicyclic amines) is 1. The minimum absolute atomic E-state index is 0.0817. The molecule has 3 N–H and O–H groups in total. The van der Waals surface area contributed by atoms with Crippen molar-refractivity contribution in [1.29, 1.82) is 0 Å². The highest BCUT2D eigenvalue weighted by Gasteiger charge is 2.41. The monoisotopic (exact) mass is 228 g/mol. The fraction of sp³-hybridized carbons (Fsp3) is 0.700. The number of carboxylic acids is 1. The van der Waals surface area contributed by atoms with Crippen LogP contribution in [-0.4, -0.2) is 39.9 Å². The molecular weight excluding hydrogens is 212 g/mol. The smallest absolute Gasteiger partial charge is 0.305 e. The van der Waals surface area contributed by atoms with Crippen LogP contribution in [0, 0.1) is 5.92 Å². The summed E-state index contributed by atoms with van der Waals surface area (Å²) in [6.45, 7) is 3.55. The predicted octanol–water partition coefficient (Wildman–Crippen LogP) is -0.426. The molecule has 0 aromatic rings. The maximum atomic E-state index is 11.6. The Morgan fingerprint density at radius 1 is 1.56 bits per heavy atom. The minimum Gasteiger partial charge on any atom is -0.481 e. The zero-order chi connectivity index (χ0) is 12.5. The second-order valence-electron chi connectivity index (χ2n) is 4.69. The van der Waals surface area contributed by atoms with Gasteiger partial charge in [0.25, 0.3) is 0 Å². The van der Waals surface area contributed by atoms with Crippen LogP contribution in [0.15, 0.2) is 0 Å². The topological polar surface area (TPSA) is 101 Å². The number of nitrogens with zero attached hydrogens (tertiary/aromatic N) is 1. The van der Waals surface area contributed by atoms with Crippen molar-refractivity contribution in [2.24, 2.45) is 11.7 Å². The summed E-state index contributed by atoms with van der Waals surface area (Å²) in [6, 6.07) is 0. The molecule has 0 radical (unpaired) electrons. The van der Waals surface area contributed by atoms with Crippen LogP contribution in [0.25, 0.3) is 0 Å². The summed E-state index contributed by atoms with van der Waals surface area (Å²) in [5.41, 5.74) is 4.35. The molecule has 1 heterocycles. The molecule has 1 saturated heterocycles. The van der Waals surface area contributed by atoms with Gasteiger partial charge in [-0.15, -0.1) is 0 Å². The van der Waals surface area contributed by atoms with E-state index in [1.54, 1.807) is 13.8 Å². The number of aliphatic carboxylic acids is 1. The van der Waals surface area contributed by atoms with E-state index in [0.29, 0.717) is 0 Å². The second kappa shape index (κ2) is 4.11. The van der Waals surface area contributed by atoms with Crippen LogP contribution in [0.1, 0.15) is 26.7 Å². The average molecular weight is 228 g/mol. The Kier molecular flexibility index (Phi) is 3.21. The fourth-order valence-electron chi connectivity index (χ4n) is 1.95. The lowest BCUT2D eigenvalue weighted by Crippen LogP contribution is -2.46. The summed E-state index contributed by atoms with van der Waals surface area (Å²) >= 11 is 0. The summed E-state index contributed by atoms with van der Waals surface area (Å²) in [7, 11) is 0. The summed E-state index contributed by atoms with van der Waals surface area (Å²) < 4.78 is 0. The Balaban J connectivity index is 2.78. The van der Waals surface area contributed by atoms with Crippen molar-refractivity contribution < 1.29 is 19.5 Å². The van der Waals surface area contributed by atoms with Crippen LogP contribution in [0.3, 0.4) is 0 Å². The van der Waals surface area contributed by atoms with Crippen LogP contribution >= 0.6 is 0 Å². The van der Waals surface area contributed by atoms with Crippen molar-refractivity contribution in [2.75, 3.05) is 6.54 Å². The molecule has 0 saturated carbocycles. The molecule has 1 unspecified atom stereocenters. The van der Waals surface area contributed by atoms with Crippen molar-refractivity contribution in [2.45, 2.75) is 32.2 Å². The number of hydrogen-bond donors (Lipinski definition) is 2. The van der Waals surface area contributed by atoms with E-state index >= 15 is 0 Å². The molecule has 16 heavy (non-hydrogen) atoms. The van der Waals surface area contributed by atoms with Crippen molar-refractivity contribution in [3.63, 3.8) is 0 Å². The molecule has 1 fully saturated rings. The third-order valence-corrected chi connectivity index (χ3v) is 2.84. The lowest BCUT2D eigenvalue weighted by atomic mass is 9.98. The first kappa shape index (κ1) is 12.5. The molecule has 1 aliphatic rings. The largest absolute Gasteiger partial charge is 0.481 e. The van der Waals surface area contributed by atoms with Gasteiger partial charge < -0.3 is 15.7 Å². The van der Waals surface area contributed by atoms with E-state index in [-0.39, 0.29) is 25.3 Å². The van der Waals surface area contributed by atoms with Gasteiger partial charge in [0.2, 0.25) is 11.8 Å². The van der Waals surface area contributed by atoms with Gasteiger partial charge in [0, 0.05) is 18.5 Å². The molecule has 0 aliphatic carbocycles. The molecule has 0 aromatic carbocycles. The lowest BCUT2D eigenvalue weighted by Gasteiger charge is -2.34. The quantitative estimate of drug-likeness (QED) is 0.682. The van der Waals surface area contributed by atoms with Gasteiger partial charge in [-0.05, 0) is 13.8 Å². The second-order valence-corrected chi connectivity index (χ2v) is 4.69. The first-order valence-electron chi connectivity index (χ1n) is 5.05. The van der Waals surface area contributed by atoms with E-state index in [1.807, 2.05) is 0 Å². The maximum absolute atomic E-state index is 11.6. The zero-order valence-electron chi connectivity index (χ0n) is 9.40. The number of rotatable bonds is 4. The Labute approximate surface area is 93.4 Å². The number of amides is 2. The van der Waals surface area contributed by atoms with Gasteiger partial charge in [-0.25, -0.2) is 0 Å². The highest BCUT2D eigenvalue weighted by atomic mass is 16.4. The first-order chi connectivity index (χ1) is 7.24. The van der Waals surface area contributed by atoms with E-state index in [2.05, 4.69) is 0 Å². The summed E-state index contributed by atoms with van der Waals surface area (Å²) in [5, 5.41) is 8.74. The van der Waals surface area contributed by atoms with Gasteiger partial charge >= 0.3 is 5.97 Å². The number of carbonyl (C=O) groups is 3. The Morgan fingerprint density at radius 3 is 2.50 bits per heavy atom. The number of carboxylic acid groups (broad SMARTS) is 1. The SMILES string of the molecule is CC(C)(CC(=O)O)N1CC(C(N)=O)CC1=O. The molecule has 6 heteroatoms. The molecule has 1 rings (SSSR count). The number of primary amides is 1. The molecule has 2 amide bonds. The normalized spacial score (nSPS) is 21.2. The predicted molar refractivity (Wildman–Crippen MR) is 55.3 cm³/mol. The van der Waals surface area contributed by atoms with Crippen LogP contribution in [-0.2, 0) is 14.4 Å². The van der Waals surface area contributed by atoms with E-state index in [9.17, 15) is 14.4 Å². The fourth-order valence-corrected chi connectivity index (χ4v) is 1.95. The summed E-state index contributed by atoms with van der Waals surface area (Å²) in [4.78, 5) is 34.7. The average Bonchev–Trinajstić information content (AvgIpc) is 2.45. The minimum atomic E-state index is -0.972. The molecule has 0 aromatic heterocycles. The third-order valence-electron chi connectivity index (χ3n) is 2.84. The molecule has 0 bridgehead atoms. The maximum Gasteiger partial charge on any atom is 0.305 e. The molecule has 90 valence electrons. The van der Waals surface area contributed by atoms with E-state index in [0.717, 1.165) is 0 Å². The van der Waals surface area contributed by atoms with Gasteiger partial charge in [0.15, 0.2) is 0 Å². The van der Waals surface area contributed by atoms with E-state index in [4.69, 9.17) is 10.8 Å². The van der Waals surface area contributed by atoms with Crippen LogP contribution in [0.2, 0.25) is 0 Å². The van der Waals surface area contributed by atoms with Gasteiger partial charge in [-0.2, -0.15) is 0 Å². The van der Waals surface area contributed by atoms with Crippen LogP contribution in [0.4, 0.5) is 0 Å². The zero-order valence-corrected chi connectivity index (χ0v) is 9.40. The third kappa shape index (κ3) is 2.50. The number of nitrogens with two attached hydrogens (primary N) is 1. The summed E-state index contributed by atoms with van der Waals surface area (Å²) in [6.07, 6.45) is -0.0669. The van der Waals surface area contributed by atoms with Crippen LogP contribution < -0.4 is 5.73 Å². The van der Waals surface area contributed by atoms with E-state index < -0.39 is 23.3 Å². The van der Waals surface area contributed by atoms with Crippen molar-refractivity contribution in [3.05, 3.63) is 0 Å². The highest BCUT2D eigenvalue weighted by molar-refractivity contribution is 5.89. The van der Waals surface area contributed by atoms with E-state index in [1.165, 1.54) is 4.90 Å². The Bertz CT molecular complexity index is 338. The lowest BCUT2D eigenvalue weighted by molar-refractivity contribution is -0.142. The molecule has 0 spiro atoms. The van der Waals surface area contributed by atoms with Gasteiger partial charge in [0.05, 0.1) is 12.3 Å². The van der Waals surface area contributed by atoms with Crippen LogP contribution in [0.5, 0.6) is 0 Å². The standard InChI is InChI=1S/C10H16N2O4/c1-10(2,4-8(14)15)12-5-6(9(11)16)3-7(12)13/h6H,3-5H2,1-2H3,(H2,11,16)(H,14,15). The molecule has 1 atom stereocenters. The first-order valence-corrected chi connectivity index (χ1v) is 5.05. The number of carbonyl (C=O) groups excluding carboxylic acids is 2.